The van der Waals surface area contributed by atoms with Gasteiger partial charge in [0.1, 0.15) is 17.5 Å². The molecule has 8 nitrogen and oxygen atoms in total. The van der Waals surface area contributed by atoms with Gasteiger partial charge in [0, 0.05) is 24.2 Å². The fourth-order valence-corrected chi connectivity index (χ4v) is 5.06. The average Bonchev–Trinajstić information content (AvgIpc) is 3.56. The quantitative estimate of drug-likeness (QED) is 0.277. The number of thiocarbonyl (C=S) groups is 1. The van der Waals surface area contributed by atoms with E-state index in [0.717, 1.165) is 17.1 Å². The van der Waals surface area contributed by atoms with Crippen molar-refractivity contribution in [3.8, 4) is 17.2 Å². The second-order valence-corrected chi connectivity index (χ2v) is 8.73. The monoisotopic (exact) mass is 514 g/mol. The van der Waals surface area contributed by atoms with E-state index in [-0.39, 0.29) is 12.1 Å². The third-order valence-corrected chi connectivity index (χ3v) is 6.71. The Kier molecular flexibility index (Phi) is 6.78. The van der Waals surface area contributed by atoms with Crippen molar-refractivity contribution in [1.29, 1.82) is 0 Å². The van der Waals surface area contributed by atoms with E-state index in [1.54, 1.807) is 26.5 Å². The first-order valence-corrected chi connectivity index (χ1v) is 12.1. The number of anilines is 1. The SMILES string of the molecule is COC(=O)c1ccccc1-n1cccc1[C@@H]1[C@H](c2ccccn2)NC(=S)N1c1ccc(OC)cc1OC. The van der Waals surface area contributed by atoms with Crippen LogP contribution in [-0.2, 0) is 4.74 Å². The summed E-state index contributed by atoms with van der Waals surface area (Å²) in [5.74, 6) is 0.875. The molecule has 0 amide bonds. The summed E-state index contributed by atoms with van der Waals surface area (Å²) in [6.07, 6.45) is 3.69. The summed E-state index contributed by atoms with van der Waals surface area (Å²) < 4.78 is 18.2. The van der Waals surface area contributed by atoms with Gasteiger partial charge in [-0.25, -0.2) is 4.79 Å². The van der Waals surface area contributed by atoms with Crippen LogP contribution in [0.2, 0.25) is 0 Å². The number of benzene rings is 2. The van der Waals surface area contributed by atoms with E-state index in [0.29, 0.717) is 27.9 Å². The van der Waals surface area contributed by atoms with E-state index in [1.165, 1.54) is 7.11 Å². The van der Waals surface area contributed by atoms with Crippen LogP contribution in [0.3, 0.4) is 0 Å². The van der Waals surface area contributed by atoms with Gasteiger partial charge in [0.15, 0.2) is 5.11 Å². The summed E-state index contributed by atoms with van der Waals surface area (Å²) in [6, 6.07) is 22.1. The van der Waals surface area contributed by atoms with Crippen molar-refractivity contribution in [3.05, 3.63) is 102 Å². The molecule has 1 aliphatic heterocycles. The van der Waals surface area contributed by atoms with E-state index in [1.807, 2.05) is 82.4 Å². The van der Waals surface area contributed by atoms with Gasteiger partial charge in [0.25, 0.3) is 0 Å². The van der Waals surface area contributed by atoms with Crippen molar-refractivity contribution in [3.63, 3.8) is 0 Å². The van der Waals surface area contributed by atoms with Gasteiger partial charge in [-0.05, 0) is 60.7 Å². The Morgan fingerprint density at radius 2 is 1.76 bits per heavy atom. The summed E-state index contributed by atoms with van der Waals surface area (Å²) in [5.41, 5.74) is 3.67. The zero-order valence-electron chi connectivity index (χ0n) is 20.6. The van der Waals surface area contributed by atoms with E-state index in [2.05, 4.69) is 10.3 Å². The van der Waals surface area contributed by atoms with Crippen molar-refractivity contribution in [2.24, 2.45) is 0 Å². The molecular formula is C28H26N4O4S. The third-order valence-electron chi connectivity index (χ3n) is 6.40. The summed E-state index contributed by atoms with van der Waals surface area (Å²) in [4.78, 5) is 19.3. The molecular weight excluding hydrogens is 488 g/mol. The van der Waals surface area contributed by atoms with Crippen LogP contribution in [0.5, 0.6) is 11.5 Å². The number of carbonyl (C=O) groups excluding carboxylic acids is 1. The Balaban J connectivity index is 1.71. The second kappa shape index (κ2) is 10.3. The number of carbonyl (C=O) groups is 1. The molecule has 5 rings (SSSR count). The maximum atomic E-state index is 12.6. The summed E-state index contributed by atoms with van der Waals surface area (Å²) in [7, 11) is 4.61. The molecule has 3 heterocycles. The smallest absolute Gasteiger partial charge is 0.339 e. The van der Waals surface area contributed by atoms with Gasteiger partial charge in [-0.15, -0.1) is 0 Å². The molecule has 2 aromatic heterocycles. The number of nitrogens with zero attached hydrogens (tertiary/aromatic N) is 3. The van der Waals surface area contributed by atoms with Crippen LogP contribution in [0.15, 0.2) is 85.2 Å². The van der Waals surface area contributed by atoms with Crippen LogP contribution in [-0.4, -0.2) is 42.0 Å². The lowest BCUT2D eigenvalue weighted by Crippen LogP contribution is -2.30. The molecule has 0 spiro atoms. The number of esters is 1. The van der Waals surface area contributed by atoms with Crippen LogP contribution < -0.4 is 19.7 Å². The predicted octanol–water partition coefficient (Wildman–Crippen LogP) is 4.85. The van der Waals surface area contributed by atoms with Crippen LogP contribution in [0, 0.1) is 0 Å². The van der Waals surface area contributed by atoms with Gasteiger partial charge in [-0.2, -0.15) is 0 Å². The largest absolute Gasteiger partial charge is 0.497 e. The molecule has 0 radical (unpaired) electrons. The highest BCUT2D eigenvalue weighted by Crippen LogP contribution is 2.45. The molecule has 2 aromatic carbocycles. The van der Waals surface area contributed by atoms with Crippen LogP contribution in [0.1, 0.15) is 33.8 Å². The average molecular weight is 515 g/mol. The van der Waals surface area contributed by atoms with Gasteiger partial charge in [-0.3, -0.25) is 4.98 Å². The maximum Gasteiger partial charge on any atom is 0.339 e. The number of pyridine rings is 1. The summed E-state index contributed by atoms with van der Waals surface area (Å²) in [6.45, 7) is 0. The highest BCUT2D eigenvalue weighted by molar-refractivity contribution is 7.80. The molecule has 1 saturated heterocycles. The molecule has 0 bridgehead atoms. The zero-order valence-corrected chi connectivity index (χ0v) is 21.4. The molecule has 2 atom stereocenters. The Hall–Kier alpha value is -4.37. The molecule has 0 unspecified atom stereocenters. The number of ether oxygens (including phenoxy) is 3. The summed E-state index contributed by atoms with van der Waals surface area (Å²) >= 11 is 5.88. The second-order valence-electron chi connectivity index (χ2n) is 8.35. The van der Waals surface area contributed by atoms with Crippen LogP contribution in [0.25, 0.3) is 5.69 Å². The Bertz CT molecular complexity index is 1440. The fourth-order valence-electron chi connectivity index (χ4n) is 4.72. The molecule has 188 valence electrons. The summed E-state index contributed by atoms with van der Waals surface area (Å²) in [5, 5.41) is 3.99. The lowest BCUT2D eigenvalue weighted by Gasteiger charge is -2.30. The topological polar surface area (TPSA) is 77.9 Å². The van der Waals surface area contributed by atoms with Crippen molar-refractivity contribution >= 4 is 29.0 Å². The van der Waals surface area contributed by atoms with Gasteiger partial charge >= 0.3 is 5.97 Å². The number of hydrogen-bond acceptors (Lipinski definition) is 6. The van der Waals surface area contributed by atoms with E-state index in [4.69, 9.17) is 26.4 Å². The number of hydrogen-bond donors (Lipinski definition) is 1. The van der Waals surface area contributed by atoms with E-state index in [9.17, 15) is 4.79 Å². The van der Waals surface area contributed by atoms with Crippen LogP contribution in [0.4, 0.5) is 5.69 Å². The normalized spacial score (nSPS) is 16.8. The van der Waals surface area contributed by atoms with Gasteiger partial charge in [-0.1, -0.05) is 18.2 Å². The van der Waals surface area contributed by atoms with E-state index < -0.39 is 5.97 Å². The lowest BCUT2D eigenvalue weighted by atomic mass is 10.00. The first-order chi connectivity index (χ1) is 18.1. The minimum atomic E-state index is -0.412. The lowest BCUT2D eigenvalue weighted by molar-refractivity contribution is 0.0600. The molecule has 4 aromatic rings. The van der Waals surface area contributed by atoms with Crippen molar-refractivity contribution in [2.75, 3.05) is 26.2 Å². The number of aromatic nitrogens is 2. The molecule has 1 fully saturated rings. The van der Waals surface area contributed by atoms with Gasteiger partial charge in [0.05, 0.1) is 50.0 Å². The van der Waals surface area contributed by atoms with E-state index >= 15 is 0 Å². The number of para-hydroxylation sites is 1. The predicted molar refractivity (Wildman–Crippen MR) is 145 cm³/mol. The zero-order chi connectivity index (χ0) is 25.9. The molecule has 9 heteroatoms. The Morgan fingerprint density at radius 3 is 2.49 bits per heavy atom. The highest BCUT2D eigenvalue weighted by atomic mass is 32.1. The van der Waals surface area contributed by atoms with Crippen molar-refractivity contribution in [1.82, 2.24) is 14.9 Å². The number of methoxy groups -OCH3 is 3. The first kappa shape index (κ1) is 24.3. The number of rotatable bonds is 7. The molecule has 0 aliphatic carbocycles. The maximum absolute atomic E-state index is 12.6. The fraction of sp³-hybridized carbons (Fsp3) is 0.179. The molecule has 1 N–H and O–H groups in total. The molecule has 37 heavy (non-hydrogen) atoms. The third kappa shape index (κ3) is 4.38. The van der Waals surface area contributed by atoms with Crippen molar-refractivity contribution in [2.45, 2.75) is 12.1 Å². The highest BCUT2D eigenvalue weighted by Gasteiger charge is 2.43. The Morgan fingerprint density at radius 1 is 0.946 bits per heavy atom. The molecule has 1 aliphatic rings. The van der Waals surface area contributed by atoms with Crippen LogP contribution >= 0.6 is 12.2 Å². The number of nitrogens with one attached hydrogen (secondary N) is 1. The Labute approximate surface area is 220 Å². The van der Waals surface area contributed by atoms with Gasteiger partial charge < -0.3 is 29.0 Å². The van der Waals surface area contributed by atoms with Gasteiger partial charge in [0.2, 0.25) is 0 Å². The molecule has 0 saturated carbocycles. The first-order valence-electron chi connectivity index (χ1n) is 11.6. The van der Waals surface area contributed by atoms with Crippen molar-refractivity contribution < 1.29 is 19.0 Å². The standard InChI is InChI=1S/C28H26N4O4S/c1-34-18-13-14-22(24(17-18)35-2)32-26(25(30-28(32)37)20-10-6-7-15-29-20)23-12-8-16-31(23)21-11-5-4-9-19(21)27(33)36-3/h4-17,25-26H,1-3H3,(H,30,37)/t25-,26+/m0/s1. The minimum Gasteiger partial charge on any atom is -0.497 e. The minimum absolute atomic E-state index is 0.278.